The molecule has 0 aliphatic carbocycles. The largest absolute Gasteiger partial charge is 0.314 e. The summed E-state index contributed by atoms with van der Waals surface area (Å²) in [6, 6.07) is 0.288. The Kier molecular flexibility index (Phi) is 8.04. The molecule has 1 N–H and O–H groups in total. The zero-order valence-corrected chi connectivity index (χ0v) is 9.89. The average molecular weight is 205 g/mol. The average Bonchev–Trinajstić information content (AvgIpc) is 2.10. The molecule has 0 aliphatic rings. The van der Waals surface area contributed by atoms with Gasteiger partial charge in [0.15, 0.2) is 0 Å². The summed E-state index contributed by atoms with van der Waals surface area (Å²) in [6.07, 6.45) is 0. The molecule has 86 valence electrons. The van der Waals surface area contributed by atoms with Crippen molar-refractivity contribution in [3.05, 3.63) is 0 Å². The highest BCUT2D eigenvalue weighted by Gasteiger charge is 2.06. The van der Waals surface area contributed by atoms with Gasteiger partial charge in [0.05, 0.1) is 0 Å². The van der Waals surface area contributed by atoms with Gasteiger partial charge < -0.3 is 10.2 Å². The predicted octanol–water partition coefficient (Wildman–Crippen LogP) is 0.775. The lowest BCUT2D eigenvalue weighted by molar-refractivity contribution is 0.148. The molecule has 0 heterocycles. The lowest BCUT2D eigenvalue weighted by Crippen LogP contribution is -2.38. The molecule has 0 aromatic rings. The van der Waals surface area contributed by atoms with Gasteiger partial charge in [-0.2, -0.15) is 0 Å². The second-order valence-corrected chi connectivity index (χ2v) is 4.08. The summed E-state index contributed by atoms with van der Waals surface area (Å²) < 4.78 is 12.4. The number of alkyl halides is 1. The Balaban J connectivity index is 3.33. The summed E-state index contributed by atoms with van der Waals surface area (Å²) in [6.45, 7) is 7.30. The van der Waals surface area contributed by atoms with Crippen LogP contribution in [-0.2, 0) is 0 Å². The number of halogens is 1. The molecule has 3 nitrogen and oxygen atoms in total. The van der Waals surface area contributed by atoms with Crippen LogP contribution in [0, 0.1) is 0 Å². The van der Waals surface area contributed by atoms with Gasteiger partial charge in [-0.15, -0.1) is 0 Å². The molecule has 0 saturated heterocycles. The minimum absolute atomic E-state index is 0.288. The van der Waals surface area contributed by atoms with E-state index in [1.54, 1.807) is 0 Å². The topological polar surface area (TPSA) is 18.5 Å². The molecular formula is C10H24FN3. The molecule has 0 bridgehead atoms. The predicted molar refractivity (Wildman–Crippen MR) is 59.2 cm³/mol. The summed E-state index contributed by atoms with van der Waals surface area (Å²) in [5.41, 5.74) is 0. The Bertz CT molecular complexity index is 129. The van der Waals surface area contributed by atoms with Crippen molar-refractivity contribution in [2.45, 2.75) is 19.9 Å². The van der Waals surface area contributed by atoms with Crippen molar-refractivity contribution < 1.29 is 4.39 Å². The first-order valence-corrected chi connectivity index (χ1v) is 5.23. The van der Waals surface area contributed by atoms with Crippen molar-refractivity contribution in [2.75, 3.05) is 47.1 Å². The summed E-state index contributed by atoms with van der Waals surface area (Å²) in [7, 11) is 4.09. The van der Waals surface area contributed by atoms with Crippen LogP contribution in [0.2, 0.25) is 0 Å². The molecule has 0 aromatic carbocycles. The Morgan fingerprint density at radius 1 is 1.14 bits per heavy atom. The van der Waals surface area contributed by atoms with Crippen LogP contribution in [-0.4, -0.2) is 62.9 Å². The molecule has 0 radical (unpaired) electrons. The fourth-order valence-corrected chi connectivity index (χ4v) is 1.11. The third-order valence-corrected chi connectivity index (χ3v) is 2.20. The van der Waals surface area contributed by atoms with Crippen molar-refractivity contribution in [2.24, 2.45) is 0 Å². The van der Waals surface area contributed by atoms with Gasteiger partial charge in [-0.05, 0) is 27.9 Å². The first-order valence-electron chi connectivity index (χ1n) is 5.23. The quantitative estimate of drug-likeness (QED) is 0.466. The molecule has 0 saturated carbocycles. The monoisotopic (exact) mass is 205 g/mol. The summed E-state index contributed by atoms with van der Waals surface area (Å²) in [5, 5.41) is 3.29. The third-order valence-electron chi connectivity index (χ3n) is 2.20. The Hall–Kier alpha value is -0.190. The Labute approximate surface area is 87.3 Å². The summed E-state index contributed by atoms with van der Waals surface area (Å²) in [5.74, 6) is 0. The van der Waals surface area contributed by atoms with Crippen molar-refractivity contribution in [3.8, 4) is 0 Å². The van der Waals surface area contributed by atoms with Gasteiger partial charge in [-0.25, -0.2) is 4.39 Å². The second kappa shape index (κ2) is 8.15. The summed E-state index contributed by atoms with van der Waals surface area (Å²) >= 11 is 0. The fraction of sp³-hybridized carbons (Fsp3) is 1.00. The summed E-state index contributed by atoms with van der Waals surface area (Å²) in [4.78, 5) is 3.94. The van der Waals surface area contributed by atoms with E-state index >= 15 is 0 Å². The lowest BCUT2D eigenvalue weighted by Gasteiger charge is -2.22. The number of nitrogens with zero attached hydrogens (tertiary/aromatic N) is 2. The Morgan fingerprint density at radius 2 is 1.71 bits per heavy atom. The van der Waals surface area contributed by atoms with Crippen LogP contribution in [0.1, 0.15) is 13.8 Å². The standard InChI is InChI=1S/C10H24FN3/c1-10(2)14(9-11)8-6-12-5-7-13(3)4/h10,12H,5-9H2,1-4H3. The van der Waals surface area contributed by atoms with Crippen molar-refractivity contribution in [1.29, 1.82) is 0 Å². The van der Waals surface area contributed by atoms with Crippen molar-refractivity contribution >= 4 is 0 Å². The molecule has 0 rings (SSSR count). The zero-order valence-electron chi connectivity index (χ0n) is 9.89. The number of hydrogen-bond donors (Lipinski definition) is 1. The van der Waals surface area contributed by atoms with E-state index in [0.29, 0.717) is 0 Å². The highest BCUT2D eigenvalue weighted by atomic mass is 19.1. The Morgan fingerprint density at radius 3 is 2.14 bits per heavy atom. The highest BCUT2D eigenvalue weighted by molar-refractivity contribution is 4.60. The first-order chi connectivity index (χ1) is 6.57. The van der Waals surface area contributed by atoms with Crippen LogP contribution in [0.25, 0.3) is 0 Å². The molecular weight excluding hydrogens is 181 g/mol. The van der Waals surface area contributed by atoms with Crippen molar-refractivity contribution in [3.63, 3.8) is 0 Å². The fourth-order valence-electron chi connectivity index (χ4n) is 1.11. The van der Waals surface area contributed by atoms with E-state index in [0.717, 1.165) is 26.2 Å². The van der Waals surface area contributed by atoms with Gasteiger partial charge in [-0.1, -0.05) is 0 Å². The van der Waals surface area contributed by atoms with Crippen LogP contribution in [0.4, 0.5) is 4.39 Å². The van der Waals surface area contributed by atoms with E-state index in [4.69, 9.17) is 0 Å². The molecule has 0 aliphatic heterocycles. The third kappa shape index (κ3) is 7.24. The van der Waals surface area contributed by atoms with E-state index in [9.17, 15) is 4.39 Å². The molecule has 0 aromatic heterocycles. The molecule has 0 unspecified atom stereocenters. The normalized spacial score (nSPS) is 12.0. The molecule has 0 amide bonds. The van der Waals surface area contributed by atoms with Crippen molar-refractivity contribution in [1.82, 2.24) is 15.1 Å². The molecule has 14 heavy (non-hydrogen) atoms. The highest BCUT2D eigenvalue weighted by Crippen LogP contribution is 1.96. The number of hydrogen-bond acceptors (Lipinski definition) is 3. The van der Waals surface area contributed by atoms with Gasteiger partial charge in [0.2, 0.25) is 0 Å². The van der Waals surface area contributed by atoms with E-state index in [2.05, 4.69) is 10.2 Å². The van der Waals surface area contributed by atoms with Crippen LogP contribution in [0.3, 0.4) is 0 Å². The van der Waals surface area contributed by atoms with E-state index in [1.807, 2.05) is 32.8 Å². The van der Waals surface area contributed by atoms with Crippen LogP contribution >= 0.6 is 0 Å². The van der Waals surface area contributed by atoms with E-state index < -0.39 is 0 Å². The SMILES string of the molecule is CC(C)N(CF)CCNCCN(C)C. The number of nitrogens with one attached hydrogen (secondary N) is 1. The lowest BCUT2D eigenvalue weighted by atomic mass is 10.3. The van der Waals surface area contributed by atoms with Crippen LogP contribution < -0.4 is 5.32 Å². The van der Waals surface area contributed by atoms with Gasteiger partial charge in [0.25, 0.3) is 0 Å². The molecule has 0 fully saturated rings. The second-order valence-electron chi connectivity index (χ2n) is 4.08. The molecule has 0 spiro atoms. The van der Waals surface area contributed by atoms with Gasteiger partial charge in [-0.3, -0.25) is 4.90 Å². The molecule has 4 heteroatoms. The molecule has 0 atom stereocenters. The number of likely N-dealkylation sites (N-methyl/N-ethyl adjacent to an activating group) is 1. The minimum atomic E-state index is -0.354. The smallest absolute Gasteiger partial charge is 0.143 e. The first kappa shape index (κ1) is 13.8. The van der Waals surface area contributed by atoms with Gasteiger partial charge in [0.1, 0.15) is 6.80 Å². The van der Waals surface area contributed by atoms with Crippen LogP contribution in [0.15, 0.2) is 0 Å². The number of rotatable bonds is 8. The van der Waals surface area contributed by atoms with Gasteiger partial charge in [0, 0.05) is 32.2 Å². The van der Waals surface area contributed by atoms with E-state index in [-0.39, 0.29) is 12.8 Å². The van der Waals surface area contributed by atoms with Crippen LogP contribution in [0.5, 0.6) is 0 Å². The van der Waals surface area contributed by atoms with E-state index in [1.165, 1.54) is 0 Å². The minimum Gasteiger partial charge on any atom is -0.314 e. The van der Waals surface area contributed by atoms with Gasteiger partial charge >= 0.3 is 0 Å². The maximum atomic E-state index is 12.4. The maximum absolute atomic E-state index is 12.4. The maximum Gasteiger partial charge on any atom is 0.143 e. The zero-order chi connectivity index (χ0) is 11.0.